The molecule has 1 atom stereocenters. The monoisotopic (exact) mass is 397 g/mol. The lowest BCUT2D eigenvalue weighted by Gasteiger charge is -2.21. The van der Waals surface area contributed by atoms with E-state index in [0.717, 1.165) is 41.1 Å². The molecule has 3 aromatic rings. The Balaban J connectivity index is 1.27. The minimum atomic E-state index is 0.00507. The first-order valence-corrected chi connectivity index (χ1v) is 10.4. The Morgan fingerprint density at radius 3 is 2.86 bits per heavy atom. The van der Waals surface area contributed by atoms with Crippen molar-refractivity contribution in [1.29, 1.82) is 0 Å². The third-order valence-electron chi connectivity index (χ3n) is 4.66. The summed E-state index contributed by atoms with van der Waals surface area (Å²) in [7, 11) is 1.93. The number of carbonyl (C=O) groups is 1. The zero-order valence-corrected chi connectivity index (χ0v) is 16.6. The molecule has 0 spiro atoms. The molecule has 7 heteroatoms. The average Bonchev–Trinajstić information content (AvgIpc) is 3.15. The number of nitrogens with zero attached hydrogens (tertiary/aromatic N) is 2. The van der Waals surface area contributed by atoms with E-state index in [1.807, 2.05) is 60.5 Å². The molecule has 6 nitrogen and oxygen atoms in total. The van der Waals surface area contributed by atoms with Crippen LogP contribution in [0.2, 0.25) is 0 Å². The third kappa shape index (κ3) is 4.42. The molecule has 4 rings (SSSR count). The molecule has 2 aromatic carbocycles. The van der Waals surface area contributed by atoms with Gasteiger partial charge in [-0.1, -0.05) is 24.3 Å². The molecule has 1 fully saturated rings. The lowest BCUT2D eigenvalue weighted by atomic mass is 10.1. The van der Waals surface area contributed by atoms with Crippen LogP contribution in [0.15, 0.2) is 52.9 Å². The number of thioether (sulfide) groups is 1. The van der Waals surface area contributed by atoms with Crippen LogP contribution >= 0.6 is 11.8 Å². The number of para-hydroxylation sites is 2. The highest BCUT2D eigenvalue weighted by molar-refractivity contribution is 8.00. The highest BCUT2D eigenvalue weighted by Crippen LogP contribution is 2.22. The Hall–Kier alpha value is -2.67. The van der Waals surface area contributed by atoms with Gasteiger partial charge in [-0.25, -0.2) is 0 Å². The van der Waals surface area contributed by atoms with Crippen molar-refractivity contribution in [3.05, 3.63) is 54.1 Å². The first-order valence-electron chi connectivity index (χ1n) is 9.37. The minimum Gasteiger partial charge on any atom is -0.492 e. The maximum atomic E-state index is 11.9. The van der Waals surface area contributed by atoms with Crippen LogP contribution in [0, 0.1) is 0 Å². The zero-order valence-electron chi connectivity index (χ0n) is 15.8. The lowest BCUT2D eigenvalue weighted by molar-refractivity contribution is -0.120. The summed E-state index contributed by atoms with van der Waals surface area (Å²) in [6.45, 7) is 1.95. The van der Waals surface area contributed by atoms with Gasteiger partial charge in [0.2, 0.25) is 5.91 Å². The second-order valence-electron chi connectivity index (χ2n) is 6.73. The van der Waals surface area contributed by atoms with Gasteiger partial charge in [0.1, 0.15) is 17.9 Å². The van der Waals surface area contributed by atoms with E-state index in [-0.39, 0.29) is 11.2 Å². The molecular weight excluding hydrogens is 374 g/mol. The largest absolute Gasteiger partial charge is 0.492 e. The second kappa shape index (κ2) is 8.56. The molecule has 146 valence electrons. The van der Waals surface area contributed by atoms with Crippen molar-refractivity contribution >= 4 is 34.8 Å². The van der Waals surface area contributed by atoms with Crippen molar-refractivity contribution in [2.75, 3.05) is 37.4 Å². The van der Waals surface area contributed by atoms with Crippen molar-refractivity contribution in [3.8, 4) is 5.75 Å². The Kier molecular flexibility index (Phi) is 5.71. The molecule has 28 heavy (non-hydrogen) atoms. The summed E-state index contributed by atoms with van der Waals surface area (Å²) in [6.07, 6.45) is 0.747. The molecule has 1 amide bonds. The van der Waals surface area contributed by atoms with E-state index in [1.165, 1.54) is 0 Å². The molecule has 1 aliphatic rings. The minimum absolute atomic E-state index is 0.00507. The fraction of sp³-hybridized carbons (Fsp3) is 0.333. The highest BCUT2D eigenvalue weighted by Gasteiger charge is 2.22. The van der Waals surface area contributed by atoms with Gasteiger partial charge in [0.05, 0.1) is 11.8 Å². The number of benzene rings is 2. The van der Waals surface area contributed by atoms with E-state index in [4.69, 9.17) is 9.15 Å². The van der Waals surface area contributed by atoms with Gasteiger partial charge in [-0.2, -0.15) is 4.98 Å². The Bertz CT molecular complexity index is 908. The number of likely N-dealkylation sites (N-methyl/N-ethyl adjacent to an activating group) is 1. The number of fused-ring (bicyclic) bond motifs is 1. The van der Waals surface area contributed by atoms with E-state index in [0.29, 0.717) is 19.2 Å². The standard InChI is InChI=1S/C21H23N3O3S/c1-24(21-23-17-4-2-3-5-18(17)27-21)11-12-26-16-8-6-15(7-9-16)14-19-20(25)22-10-13-28-19/h2-9,19H,10-14H2,1H3,(H,22,25). The topological polar surface area (TPSA) is 67.6 Å². The molecule has 2 heterocycles. The van der Waals surface area contributed by atoms with Gasteiger partial charge in [-0.15, -0.1) is 11.8 Å². The van der Waals surface area contributed by atoms with Gasteiger partial charge in [0.15, 0.2) is 5.58 Å². The summed E-state index contributed by atoms with van der Waals surface area (Å²) < 4.78 is 11.6. The quantitative estimate of drug-likeness (QED) is 0.661. The van der Waals surface area contributed by atoms with Crippen LogP contribution in [-0.2, 0) is 11.2 Å². The average molecular weight is 398 g/mol. The van der Waals surface area contributed by atoms with Crippen molar-refractivity contribution in [1.82, 2.24) is 10.3 Å². The van der Waals surface area contributed by atoms with E-state index >= 15 is 0 Å². The first-order chi connectivity index (χ1) is 13.7. The summed E-state index contributed by atoms with van der Waals surface area (Å²) in [4.78, 5) is 18.3. The van der Waals surface area contributed by atoms with Crippen molar-refractivity contribution in [3.63, 3.8) is 0 Å². The highest BCUT2D eigenvalue weighted by atomic mass is 32.2. The molecule has 1 aromatic heterocycles. The molecule has 0 aliphatic carbocycles. The van der Waals surface area contributed by atoms with Crippen LogP contribution in [0.4, 0.5) is 6.01 Å². The normalized spacial score (nSPS) is 16.8. The summed E-state index contributed by atoms with van der Waals surface area (Å²) in [5, 5.41) is 2.93. The summed E-state index contributed by atoms with van der Waals surface area (Å²) >= 11 is 1.72. The molecule has 0 saturated carbocycles. The third-order valence-corrected chi connectivity index (χ3v) is 5.88. The summed E-state index contributed by atoms with van der Waals surface area (Å²) in [5.41, 5.74) is 2.78. The predicted molar refractivity (Wildman–Crippen MR) is 112 cm³/mol. The van der Waals surface area contributed by atoms with E-state index in [1.54, 1.807) is 11.8 Å². The van der Waals surface area contributed by atoms with Gasteiger partial charge in [-0.05, 0) is 36.2 Å². The maximum absolute atomic E-state index is 11.9. The van der Waals surface area contributed by atoms with E-state index < -0.39 is 0 Å². The fourth-order valence-corrected chi connectivity index (χ4v) is 4.12. The molecular formula is C21H23N3O3S. The predicted octanol–water partition coefficient (Wildman–Crippen LogP) is 3.12. The van der Waals surface area contributed by atoms with Gasteiger partial charge < -0.3 is 19.4 Å². The maximum Gasteiger partial charge on any atom is 0.298 e. The molecule has 1 N–H and O–H groups in total. The number of ether oxygens (including phenoxy) is 1. The van der Waals surface area contributed by atoms with Crippen molar-refractivity contribution < 1.29 is 13.9 Å². The summed E-state index contributed by atoms with van der Waals surface area (Å²) in [6, 6.07) is 16.3. The number of carbonyl (C=O) groups excluding carboxylic acids is 1. The van der Waals surface area contributed by atoms with E-state index in [9.17, 15) is 4.79 Å². The van der Waals surface area contributed by atoms with Crippen molar-refractivity contribution in [2.24, 2.45) is 0 Å². The SMILES string of the molecule is CN(CCOc1ccc(CC2SCCNC2=O)cc1)c1nc2ccccc2o1. The number of rotatable bonds is 7. The zero-order chi connectivity index (χ0) is 19.3. The Morgan fingerprint density at radius 1 is 1.25 bits per heavy atom. The molecule has 1 saturated heterocycles. The molecule has 0 radical (unpaired) electrons. The summed E-state index contributed by atoms with van der Waals surface area (Å²) in [5.74, 6) is 1.93. The number of oxazole rings is 1. The lowest BCUT2D eigenvalue weighted by Crippen LogP contribution is -2.40. The van der Waals surface area contributed by atoms with Crippen LogP contribution in [0.5, 0.6) is 5.75 Å². The second-order valence-corrected chi connectivity index (χ2v) is 8.04. The van der Waals surface area contributed by atoms with E-state index in [2.05, 4.69) is 10.3 Å². The van der Waals surface area contributed by atoms with Crippen LogP contribution in [0.1, 0.15) is 5.56 Å². The van der Waals surface area contributed by atoms with Gasteiger partial charge in [0, 0.05) is 19.3 Å². The van der Waals surface area contributed by atoms with Gasteiger partial charge in [0.25, 0.3) is 6.01 Å². The van der Waals surface area contributed by atoms with Crippen LogP contribution in [0.3, 0.4) is 0 Å². The number of anilines is 1. The van der Waals surface area contributed by atoms with Crippen LogP contribution in [-0.4, -0.2) is 48.6 Å². The number of hydrogen-bond acceptors (Lipinski definition) is 6. The van der Waals surface area contributed by atoms with Crippen molar-refractivity contribution in [2.45, 2.75) is 11.7 Å². The first kappa shape index (κ1) is 18.7. The number of amides is 1. The van der Waals surface area contributed by atoms with Gasteiger partial charge in [-0.3, -0.25) is 4.79 Å². The number of nitrogens with one attached hydrogen (secondary N) is 1. The van der Waals surface area contributed by atoms with Crippen LogP contribution < -0.4 is 15.0 Å². The molecule has 1 unspecified atom stereocenters. The number of hydrogen-bond donors (Lipinski definition) is 1. The molecule has 0 bridgehead atoms. The fourth-order valence-electron chi connectivity index (χ4n) is 3.07. The molecule has 1 aliphatic heterocycles. The van der Waals surface area contributed by atoms with Crippen LogP contribution in [0.25, 0.3) is 11.1 Å². The smallest absolute Gasteiger partial charge is 0.298 e. The Labute approximate surface area is 168 Å². The Morgan fingerprint density at radius 2 is 2.07 bits per heavy atom. The van der Waals surface area contributed by atoms with Gasteiger partial charge >= 0.3 is 0 Å². The number of aromatic nitrogens is 1.